The summed E-state index contributed by atoms with van der Waals surface area (Å²) in [5.74, 6) is -1.63. The number of rotatable bonds is 7. The Morgan fingerprint density at radius 2 is 1.96 bits per heavy atom. The lowest BCUT2D eigenvalue weighted by molar-refractivity contribution is -0.156. The number of carbonyl (C=O) groups is 2. The number of ether oxygens (including phenoxy) is 2. The van der Waals surface area contributed by atoms with Gasteiger partial charge < -0.3 is 9.47 Å². The lowest BCUT2D eigenvalue weighted by Gasteiger charge is -2.16. The van der Waals surface area contributed by atoms with Gasteiger partial charge in [-0.15, -0.1) is 0 Å². The first kappa shape index (κ1) is 18.4. The molecule has 1 aromatic rings. The maximum Gasteiger partial charge on any atom is 0.374 e. The lowest BCUT2D eigenvalue weighted by Crippen LogP contribution is -2.31. The van der Waals surface area contributed by atoms with Crippen LogP contribution < -0.4 is 0 Å². The molecule has 24 heavy (non-hydrogen) atoms. The third-order valence-electron chi connectivity index (χ3n) is 4.24. The predicted molar refractivity (Wildman–Crippen MR) is 92.5 cm³/mol. The van der Waals surface area contributed by atoms with Crippen LogP contribution in [-0.4, -0.2) is 24.5 Å². The van der Waals surface area contributed by atoms with Crippen molar-refractivity contribution in [1.82, 2.24) is 0 Å². The first-order valence-corrected chi connectivity index (χ1v) is 8.57. The van der Waals surface area contributed by atoms with E-state index in [4.69, 9.17) is 9.47 Å². The smallest absolute Gasteiger partial charge is 0.374 e. The Hall–Kier alpha value is -1.94. The standard InChI is InChI=1S/C20H26O4/c1-4-23-20(22)19(21)16-13-18(15-10-6-5-7-11-15)24-17(16)12-8-9-14(2)3/h5-7,9-11,16-18H,4,8,12-13H2,1-3H3/t16-,17+,18-/m0/s1. The van der Waals surface area contributed by atoms with E-state index in [1.165, 1.54) is 5.57 Å². The Bertz CT molecular complexity index is 587. The number of ketones is 1. The maximum atomic E-state index is 12.4. The predicted octanol–water partition coefficient (Wildman–Crippen LogP) is 4.01. The topological polar surface area (TPSA) is 52.6 Å². The van der Waals surface area contributed by atoms with Crippen molar-refractivity contribution >= 4 is 11.8 Å². The summed E-state index contributed by atoms with van der Waals surface area (Å²) in [5.41, 5.74) is 2.28. The average Bonchev–Trinajstić information content (AvgIpc) is 2.99. The number of hydrogen-bond acceptors (Lipinski definition) is 4. The SMILES string of the molecule is CCOC(=O)C(=O)[C@H]1C[C@@H](c2ccccc2)O[C@@H]1CCC=C(C)C. The van der Waals surface area contributed by atoms with Crippen LogP contribution in [0, 0.1) is 5.92 Å². The summed E-state index contributed by atoms with van der Waals surface area (Å²) in [4.78, 5) is 24.3. The van der Waals surface area contributed by atoms with Crippen LogP contribution >= 0.6 is 0 Å². The molecule has 1 aliphatic rings. The van der Waals surface area contributed by atoms with E-state index < -0.39 is 17.7 Å². The molecule has 4 heteroatoms. The van der Waals surface area contributed by atoms with Gasteiger partial charge in [-0.2, -0.15) is 0 Å². The minimum absolute atomic E-state index is 0.147. The Morgan fingerprint density at radius 3 is 2.58 bits per heavy atom. The molecule has 0 spiro atoms. The number of carbonyl (C=O) groups excluding carboxylic acids is 2. The fraction of sp³-hybridized carbons (Fsp3) is 0.500. The Kier molecular flexibility index (Phi) is 6.73. The van der Waals surface area contributed by atoms with E-state index in [-0.39, 0.29) is 18.8 Å². The van der Waals surface area contributed by atoms with Crippen molar-refractivity contribution in [2.24, 2.45) is 5.92 Å². The highest BCUT2D eigenvalue weighted by molar-refractivity contribution is 6.34. The molecule has 0 amide bonds. The molecule has 4 nitrogen and oxygen atoms in total. The molecule has 0 radical (unpaired) electrons. The molecular formula is C20H26O4. The summed E-state index contributed by atoms with van der Waals surface area (Å²) < 4.78 is 11.0. The van der Waals surface area contributed by atoms with Crippen molar-refractivity contribution in [3.05, 3.63) is 47.5 Å². The van der Waals surface area contributed by atoms with Gasteiger partial charge >= 0.3 is 5.97 Å². The van der Waals surface area contributed by atoms with E-state index in [2.05, 4.69) is 6.08 Å². The third kappa shape index (κ3) is 4.78. The average molecular weight is 330 g/mol. The minimum atomic E-state index is -0.743. The van der Waals surface area contributed by atoms with Crippen molar-refractivity contribution in [3.63, 3.8) is 0 Å². The fourth-order valence-electron chi connectivity index (χ4n) is 3.06. The van der Waals surface area contributed by atoms with Gasteiger partial charge in [-0.25, -0.2) is 4.79 Å². The van der Waals surface area contributed by atoms with Gasteiger partial charge in [-0.3, -0.25) is 4.79 Å². The monoisotopic (exact) mass is 330 g/mol. The molecule has 2 rings (SSSR count). The van der Waals surface area contributed by atoms with Gasteiger partial charge in [0, 0.05) is 0 Å². The van der Waals surface area contributed by atoms with Gasteiger partial charge in [0.25, 0.3) is 0 Å². The summed E-state index contributed by atoms with van der Waals surface area (Å²) >= 11 is 0. The van der Waals surface area contributed by atoms with E-state index >= 15 is 0 Å². The van der Waals surface area contributed by atoms with E-state index in [1.807, 2.05) is 44.2 Å². The Labute approximate surface area is 143 Å². The molecule has 130 valence electrons. The number of hydrogen-bond donors (Lipinski definition) is 0. The largest absolute Gasteiger partial charge is 0.460 e. The molecule has 1 aromatic carbocycles. The molecule has 1 heterocycles. The molecule has 1 fully saturated rings. The number of benzene rings is 1. The Morgan fingerprint density at radius 1 is 1.25 bits per heavy atom. The molecule has 1 saturated heterocycles. The van der Waals surface area contributed by atoms with Gasteiger partial charge in [-0.1, -0.05) is 42.0 Å². The molecule has 0 unspecified atom stereocenters. The van der Waals surface area contributed by atoms with Crippen molar-refractivity contribution in [2.45, 2.75) is 52.2 Å². The summed E-state index contributed by atoms with van der Waals surface area (Å²) in [5, 5.41) is 0. The highest BCUT2D eigenvalue weighted by atomic mass is 16.5. The van der Waals surface area contributed by atoms with E-state index in [0.717, 1.165) is 18.4 Å². The van der Waals surface area contributed by atoms with Gasteiger partial charge in [-0.05, 0) is 45.6 Å². The minimum Gasteiger partial charge on any atom is -0.460 e. The molecule has 0 N–H and O–H groups in total. The maximum absolute atomic E-state index is 12.4. The number of Topliss-reactive ketones (excluding diaryl/α,β-unsaturated/α-hetero) is 1. The van der Waals surface area contributed by atoms with Crippen LogP contribution in [0.25, 0.3) is 0 Å². The second-order valence-corrected chi connectivity index (χ2v) is 6.36. The Balaban J connectivity index is 2.12. The second kappa shape index (κ2) is 8.78. The van der Waals surface area contributed by atoms with Crippen molar-refractivity contribution in [1.29, 1.82) is 0 Å². The van der Waals surface area contributed by atoms with Crippen LogP contribution in [0.2, 0.25) is 0 Å². The summed E-state index contributed by atoms with van der Waals surface area (Å²) in [6, 6.07) is 9.85. The quantitative estimate of drug-likeness (QED) is 0.430. The molecule has 0 saturated carbocycles. The van der Waals surface area contributed by atoms with E-state index in [9.17, 15) is 9.59 Å². The van der Waals surface area contributed by atoms with Crippen LogP contribution in [0.3, 0.4) is 0 Å². The van der Waals surface area contributed by atoms with Crippen LogP contribution in [0.5, 0.6) is 0 Å². The summed E-state index contributed by atoms with van der Waals surface area (Å²) in [7, 11) is 0. The van der Waals surface area contributed by atoms with Crippen molar-refractivity contribution in [3.8, 4) is 0 Å². The molecular weight excluding hydrogens is 304 g/mol. The second-order valence-electron chi connectivity index (χ2n) is 6.36. The third-order valence-corrected chi connectivity index (χ3v) is 4.24. The molecule has 0 aliphatic carbocycles. The van der Waals surface area contributed by atoms with Gasteiger partial charge in [0.05, 0.1) is 24.7 Å². The zero-order chi connectivity index (χ0) is 17.5. The normalized spacial score (nSPS) is 22.9. The molecule has 0 bridgehead atoms. The van der Waals surface area contributed by atoms with E-state index in [1.54, 1.807) is 6.92 Å². The fourth-order valence-corrected chi connectivity index (χ4v) is 3.06. The first-order valence-electron chi connectivity index (χ1n) is 8.57. The highest BCUT2D eigenvalue weighted by Crippen LogP contribution is 2.39. The van der Waals surface area contributed by atoms with Gasteiger partial charge in [0.15, 0.2) is 0 Å². The number of esters is 1. The molecule has 1 aliphatic heterocycles. The molecule has 0 aromatic heterocycles. The summed E-state index contributed by atoms with van der Waals surface area (Å²) in [6.45, 7) is 6.01. The first-order chi connectivity index (χ1) is 11.5. The van der Waals surface area contributed by atoms with Crippen LogP contribution in [-0.2, 0) is 19.1 Å². The van der Waals surface area contributed by atoms with Crippen LogP contribution in [0.15, 0.2) is 42.0 Å². The van der Waals surface area contributed by atoms with E-state index in [0.29, 0.717) is 6.42 Å². The zero-order valence-electron chi connectivity index (χ0n) is 14.7. The summed E-state index contributed by atoms with van der Waals surface area (Å²) in [6.07, 6.45) is 3.83. The lowest BCUT2D eigenvalue weighted by atomic mass is 9.90. The van der Waals surface area contributed by atoms with Crippen molar-refractivity contribution in [2.75, 3.05) is 6.61 Å². The zero-order valence-corrected chi connectivity index (χ0v) is 14.7. The highest BCUT2D eigenvalue weighted by Gasteiger charge is 2.42. The van der Waals surface area contributed by atoms with Gasteiger partial charge in [0.1, 0.15) is 0 Å². The van der Waals surface area contributed by atoms with Crippen LogP contribution in [0.4, 0.5) is 0 Å². The van der Waals surface area contributed by atoms with Crippen LogP contribution in [0.1, 0.15) is 51.7 Å². The van der Waals surface area contributed by atoms with Crippen molar-refractivity contribution < 1.29 is 19.1 Å². The molecule has 3 atom stereocenters. The number of allylic oxidation sites excluding steroid dienone is 2. The van der Waals surface area contributed by atoms with Gasteiger partial charge in [0.2, 0.25) is 5.78 Å².